The SMILES string of the molecule is Cn1cc(C(N)C(=O)c2cncnc2)cn1. The maximum absolute atomic E-state index is 11.9. The molecule has 0 aliphatic heterocycles. The molecule has 0 aliphatic carbocycles. The molecule has 2 heterocycles. The van der Waals surface area contributed by atoms with Crippen LogP contribution in [0.5, 0.6) is 0 Å². The second-order valence-electron chi connectivity index (χ2n) is 3.42. The number of Topliss-reactive ketones (excluding diaryl/α,β-unsaturated/α-hetero) is 1. The highest BCUT2D eigenvalue weighted by Crippen LogP contribution is 2.13. The zero-order chi connectivity index (χ0) is 11.5. The molecule has 0 saturated carbocycles. The van der Waals surface area contributed by atoms with Gasteiger partial charge in [-0.1, -0.05) is 0 Å². The molecule has 2 N–H and O–H groups in total. The van der Waals surface area contributed by atoms with Gasteiger partial charge in [-0.25, -0.2) is 9.97 Å². The summed E-state index contributed by atoms with van der Waals surface area (Å²) in [6.45, 7) is 0. The van der Waals surface area contributed by atoms with Crippen LogP contribution in [0.2, 0.25) is 0 Å². The Bertz CT molecular complexity index is 493. The Morgan fingerprint density at radius 3 is 2.62 bits per heavy atom. The minimum atomic E-state index is -0.723. The van der Waals surface area contributed by atoms with Gasteiger partial charge >= 0.3 is 0 Å². The van der Waals surface area contributed by atoms with E-state index in [2.05, 4.69) is 15.1 Å². The average Bonchev–Trinajstić information content (AvgIpc) is 2.75. The molecule has 0 bridgehead atoms. The summed E-state index contributed by atoms with van der Waals surface area (Å²) in [5, 5.41) is 3.97. The van der Waals surface area contributed by atoms with Gasteiger partial charge in [0.05, 0.1) is 17.8 Å². The second kappa shape index (κ2) is 4.19. The second-order valence-corrected chi connectivity index (χ2v) is 3.42. The fraction of sp³-hybridized carbons (Fsp3) is 0.200. The molecule has 0 radical (unpaired) electrons. The summed E-state index contributed by atoms with van der Waals surface area (Å²) in [5.74, 6) is -0.214. The van der Waals surface area contributed by atoms with E-state index in [-0.39, 0.29) is 5.78 Å². The van der Waals surface area contributed by atoms with E-state index in [1.165, 1.54) is 18.7 Å². The maximum atomic E-state index is 11.9. The lowest BCUT2D eigenvalue weighted by Gasteiger charge is -2.06. The van der Waals surface area contributed by atoms with Gasteiger partial charge in [-0.05, 0) is 0 Å². The maximum Gasteiger partial charge on any atom is 0.187 e. The molecule has 6 heteroatoms. The van der Waals surface area contributed by atoms with E-state index in [0.29, 0.717) is 11.1 Å². The standard InChI is InChI=1S/C10H11N5O/c1-15-5-8(4-14-15)9(11)10(16)7-2-12-6-13-3-7/h2-6,9H,11H2,1H3. The first-order valence-electron chi connectivity index (χ1n) is 4.72. The lowest BCUT2D eigenvalue weighted by molar-refractivity contribution is 0.0960. The van der Waals surface area contributed by atoms with Crippen molar-refractivity contribution in [3.63, 3.8) is 0 Å². The number of hydrogen-bond acceptors (Lipinski definition) is 5. The van der Waals surface area contributed by atoms with E-state index >= 15 is 0 Å². The normalized spacial score (nSPS) is 12.4. The molecular formula is C10H11N5O. The zero-order valence-electron chi connectivity index (χ0n) is 8.74. The van der Waals surface area contributed by atoms with Gasteiger partial charge in [0.2, 0.25) is 0 Å². The van der Waals surface area contributed by atoms with Gasteiger partial charge in [-0.3, -0.25) is 9.48 Å². The number of nitrogens with two attached hydrogens (primary N) is 1. The number of carbonyl (C=O) groups excluding carboxylic acids is 1. The van der Waals surface area contributed by atoms with Crippen LogP contribution in [-0.2, 0) is 7.05 Å². The summed E-state index contributed by atoms with van der Waals surface area (Å²) in [6.07, 6.45) is 7.56. The number of carbonyl (C=O) groups is 1. The summed E-state index contributed by atoms with van der Waals surface area (Å²) < 4.78 is 1.60. The fourth-order valence-corrected chi connectivity index (χ4v) is 1.36. The predicted molar refractivity (Wildman–Crippen MR) is 56.5 cm³/mol. The highest BCUT2D eigenvalue weighted by Gasteiger charge is 2.19. The van der Waals surface area contributed by atoms with Crippen molar-refractivity contribution < 1.29 is 4.79 Å². The van der Waals surface area contributed by atoms with Crippen molar-refractivity contribution in [1.29, 1.82) is 0 Å². The number of hydrogen-bond donors (Lipinski definition) is 1. The van der Waals surface area contributed by atoms with Crippen molar-refractivity contribution in [2.24, 2.45) is 12.8 Å². The molecule has 0 aliphatic rings. The molecule has 16 heavy (non-hydrogen) atoms. The topological polar surface area (TPSA) is 86.7 Å². The Hall–Kier alpha value is -2.08. The molecule has 2 aromatic rings. The summed E-state index contributed by atoms with van der Waals surface area (Å²) in [4.78, 5) is 19.5. The lowest BCUT2D eigenvalue weighted by atomic mass is 10.0. The van der Waals surface area contributed by atoms with Gasteiger partial charge in [0.15, 0.2) is 5.78 Å². The molecule has 0 amide bonds. The summed E-state index contributed by atoms with van der Waals surface area (Å²) in [6, 6.07) is -0.723. The van der Waals surface area contributed by atoms with Gasteiger partial charge in [0.1, 0.15) is 6.33 Å². The Labute approximate surface area is 92.1 Å². The lowest BCUT2D eigenvalue weighted by Crippen LogP contribution is -2.21. The molecule has 82 valence electrons. The van der Waals surface area contributed by atoms with E-state index in [1.54, 1.807) is 24.1 Å². The summed E-state index contributed by atoms with van der Waals surface area (Å²) in [7, 11) is 1.77. The minimum absolute atomic E-state index is 0.214. The van der Waals surface area contributed by atoms with Gasteiger partial charge in [0, 0.05) is 31.2 Å². The van der Waals surface area contributed by atoms with Gasteiger partial charge in [0.25, 0.3) is 0 Å². The number of aromatic nitrogens is 4. The van der Waals surface area contributed by atoms with E-state index in [0.717, 1.165) is 0 Å². The first-order chi connectivity index (χ1) is 7.68. The fourth-order valence-electron chi connectivity index (χ4n) is 1.36. The number of nitrogens with zero attached hydrogens (tertiary/aromatic N) is 4. The molecule has 0 aromatic carbocycles. The van der Waals surface area contributed by atoms with Gasteiger partial charge in [-0.15, -0.1) is 0 Å². The molecule has 0 saturated heterocycles. The molecule has 1 atom stereocenters. The van der Waals surface area contributed by atoms with Crippen LogP contribution in [-0.4, -0.2) is 25.5 Å². The van der Waals surface area contributed by atoms with Crippen LogP contribution in [0, 0.1) is 0 Å². The van der Waals surface area contributed by atoms with Crippen LogP contribution in [0.4, 0.5) is 0 Å². The van der Waals surface area contributed by atoms with Crippen molar-refractivity contribution in [3.8, 4) is 0 Å². The van der Waals surface area contributed by atoms with Gasteiger partial charge in [-0.2, -0.15) is 5.10 Å². The van der Waals surface area contributed by atoms with E-state index in [9.17, 15) is 4.79 Å². The third-order valence-electron chi connectivity index (χ3n) is 2.21. The van der Waals surface area contributed by atoms with E-state index in [1.807, 2.05) is 0 Å². The molecule has 0 fully saturated rings. The van der Waals surface area contributed by atoms with Crippen LogP contribution >= 0.6 is 0 Å². The Balaban J connectivity index is 2.23. The van der Waals surface area contributed by atoms with Gasteiger partial charge < -0.3 is 5.73 Å². The van der Waals surface area contributed by atoms with Crippen LogP contribution in [0.25, 0.3) is 0 Å². The Morgan fingerprint density at radius 2 is 2.06 bits per heavy atom. The van der Waals surface area contributed by atoms with Crippen molar-refractivity contribution >= 4 is 5.78 Å². The van der Waals surface area contributed by atoms with Crippen molar-refractivity contribution in [3.05, 3.63) is 42.2 Å². The van der Waals surface area contributed by atoms with E-state index < -0.39 is 6.04 Å². The molecule has 0 spiro atoms. The van der Waals surface area contributed by atoms with Crippen molar-refractivity contribution in [1.82, 2.24) is 19.7 Å². The number of rotatable bonds is 3. The van der Waals surface area contributed by atoms with Crippen LogP contribution in [0.3, 0.4) is 0 Å². The van der Waals surface area contributed by atoms with Crippen LogP contribution in [0.1, 0.15) is 22.0 Å². The molecule has 2 rings (SSSR count). The predicted octanol–water partition coefficient (Wildman–Crippen LogP) is 0.0928. The van der Waals surface area contributed by atoms with Crippen LogP contribution in [0.15, 0.2) is 31.1 Å². The number of ketones is 1. The molecule has 2 aromatic heterocycles. The first-order valence-corrected chi connectivity index (χ1v) is 4.72. The minimum Gasteiger partial charge on any atom is -0.317 e. The highest BCUT2D eigenvalue weighted by atomic mass is 16.1. The quantitative estimate of drug-likeness (QED) is 0.736. The summed E-state index contributed by atoms with van der Waals surface area (Å²) >= 11 is 0. The Morgan fingerprint density at radius 1 is 1.38 bits per heavy atom. The van der Waals surface area contributed by atoms with Crippen molar-refractivity contribution in [2.75, 3.05) is 0 Å². The smallest absolute Gasteiger partial charge is 0.187 e. The summed E-state index contributed by atoms with van der Waals surface area (Å²) in [5.41, 5.74) is 6.90. The molecule has 6 nitrogen and oxygen atoms in total. The molecular weight excluding hydrogens is 206 g/mol. The van der Waals surface area contributed by atoms with Crippen molar-refractivity contribution in [2.45, 2.75) is 6.04 Å². The third-order valence-corrected chi connectivity index (χ3v) is 2.21. The van der Waals surface area contributed by atoms with E-state index in [4.69, 9.17) is 5.73 Å². The monoisotopic (exact) mass is 217 g/mol. The number of aryl methyl sites for hydroxylation is 1. The highest BCUT2D eigenvalue weighted by molar-refractivity contribution is 5.99. The molecule has 1 unspecified atom stereocenters. The largest absolute Gasteiger partial charge is 0.317 e. The first kappa shape index (κ1) is 10.4. The van der Waals surface area contributed by atoms with Crippen LogP contribution < -0.4 is 5.73 Å². The zero-order valence-corrected chi connectivity index (χ0v) is 8.74. The average molecular weight is 217 g/mol. The third kappa shape index (κ3) is 1.96. The Kier molecular flexibility index (Phi) is 2.74.